The summed E-state index contributed by atoms with van der Waals surface area (Å²) in [6, 6.07) is 15.0. The lowest BCUT2D eigenvalue weighted by molar-refractivity contribution is -0.121. The number of nitrogens with one attached hydrogen (secondary N) is 1. The van der Waals surface area contributed by atoms with Crippen molar-refractivity contribution in [3.8, 4) is 5.75 Å². The van der Waals surface area contributed by atoms with Crippen molar-refractivity contribution < 1.29 is 14.3 Å². The zero-order valence-electron chi connectivity index (χ0n) is 14.5. The van der Waals surface area contributed by atoms with E-state index in [4.69, 9.17) is 4.74 Å². The third-order valence-electron chi connectivity index (χ3n) is 4.27. The van der Waals surface area contributed by atoms with E-state index in [1.165, 1.54) is 5.56 Å². The Morgan fingerprint density at radius 2 is 1.88 bits per heavy atom. The van der Waals surface area contributed by atoms with Gasteiger partial charge in [0.25, 0.3) is 11.8 Å². The summed E-state index contributed by atoms with van der Waals surface area (Å²) in [6.45, 7) is 5.06. The molecule has 2 aromatic carbocycles. The minimum Gasteiger partial charge on any atom is -0.482 e. The minimum atomic E-state index is -0.135. The van der Waals surface area contributed by atoms with Crippen LogP contribution >= 0.6 is 0 Å². The highest BCUT2D eigenvalue weighted by atomic mass is 16.5. The monoisotopic (exact) mass is 338 g/mol. The normalized spacial score (nSPS) is 13.4. The molecule has 0 aromatic heterocycles. The third-order valence-corrected chi connectivity index (χ3v) is 4.27. The quantitative estimate of drug-likeness (QED) is 0.912. The molecule has 5 heteroatoms. The van der Waals surface area contributed by atoms with Crippen LogP contribution in [0, 0.1) is 0 Å². The molecule has 0 saturated carbocycles. The number of fused-ring (bicyclic) bond motifs is 1. The maximum Gasteiger partial charge on any atom is 0.265 e. The van der Waals surface area contributed by atoms with Crippen molar-refractivity contribution in [2.24, 2.45) is 0 Å². The third kappa shape index (κ3) is 3.82. The minimum absolute atomic E-state index is 0.0294. The van der Waals surface area contributed by atoms with Crippen molar-refractivity contribution in [3.63, 3.8) is 0 Å². The summed E-state index contributed by atoms with van der Waals surface area (Å²) in [6.07, 6.45) is 0. The fourth-order valence-corrected chi connectivity index (χ4v) is 2.80. The van der Waals surface area contributed by atoms with E-state index in [-0.39, 0.29) is 18.4 Å². The summed E-state index contributed by atoms with van der Waals surface area (Å²) >= 11 is 0. The molecule has 130 valence electrons. The van der Waals surface area contributed by atoms with Crippen LogP contribution in [0.2, 0.25) is 0 Å². The standard InChI is InChI=1S/C20H22N2O3/c1-14(2)15-7-9-16(10-8-15)20(24)21-11-12-22-17-5-3-4-6-18(17)25-13-19(22)23/h3-10,14H,11-13H2,1-2H3,(H,21,24). The van der Waals surface area contributed by atoms with Gasteiger partial charge >= 0.3 is 0 Å². The van der Waals surface area contributed by atoms with Gasteiger partial charge in [0.2, 0.25) is 0 Å². The molecule has 1 aliphatic rings. The number of hydrogen-bond acceptors (Lipinski definition) is 3. The number of benzene rings is 2. The second-order valence-corrected chi connectivity index (χ2v) is 6.33. The van der Waals surface area contributed by atoms with Crippen LogP contribution in [-0.2, 0) is 4.79 Å². The van der Waals surface area contributed by atoms with E-state index in [0.29, 0.717) is 30.3 Å². The summed E-state index contributed by atoms with van der Waals surface area (Å²) in [7, 11) is 0. The molecule has 2 aromatic rings. The first-order valence-electron chi connectivity index (χ1n) is 8.46. The molecule has 0 bridgehead atoms. The van der Waals surface area contributed by atoms with Crippen LogP contribution in [0.25, 0.3) is 0 Å². The highest BCUT2D eigenvalue weighted by Crippen LogP contribution is 2.30. The van der Waals surface area contributed by atoms with Gasteiger partial charge in [-0.25, -0.2) is 0 Å². The number of hydrogen-bond donors (Lipinski definition) is 1. The van der Waals surface area contributed by atoms with Crippen LogP contribution in [0.3, 0.4) is 0 Å². The number of carbonyl (C=O) groups is 2. The van der Waals surface area contributed by atoms with Gasteiger partial charge in [-0.15, -0.1) is 0 Å². The van der Waals surface area contributed by atoms with Gasteiger partial charge < -0.3 is 15.0 Å². The number of amides is 2. The van der Waals surface area contributed by atoms with Crippen LogP contribution in [-0.4, -0.2) is 31.5 Å². The lowest BCUT2D eigenvalue weighted by Gasteiger charge is -2.29. The maximum atomic E-state index is 12.3. The summed E-state index contributed by atoms with van der Waals surface area (Å²) in [4.78, 5) is 26.0. The molecule has 0 atom stereocenters. The van der Waals surface area contributed by atoms with Crippen molar-refractivity contribution in [2.45, 2.75) is 19.8 Å². The molecule has 2 amide bonds. The number of para-hydroxylation sites is 2. The largest absolute Gasteiger partial charge is 0.482 e. The average Bonchev–Trinajstić information content (AvgIpc) is 2.63. The first-order chi connectivity index (χ1) is 12.1. The highest BCUT2D eigenvalue weighted by molar-refractivity contribution is 5.98. The lowest BCUT2D eigenvalue weighted by Crippen LogP contribution is -2.43. The zero-order chi connectivity index (χ0) is 17.8. The van der Waals surface area contributed by atoms with E-state index < -0.39 is 0 Å². The summed E-state index contributed by atoms with van der Waals surface area (Å²) in [5.74, 6) is 0.890. The molecule has 1 N–H and O–H groups in total. The Bertz CT molecular complexity index is 769. The van der Waals surface area contributed by atoms with E-state index in [0.717, 1.165) is 5.69 Å². The fourth-order valence-electron chi connectivity index (χ4n) is 2.80. The molecular weight excluding hydrogens is 316 g/mol. The van der Waals surface area contributed by atoms with Gasteiger partial charge in [0, 0.05) is 18.7 Å². The Kier molecular flexibility index (Phi) is 5.03. The molecule has 25 heavy (non-hydrogen) atoms. The van der Waals surface area contributed by atoms with Crippen molar-refractivity contribution in [1.29, 1.82) is 0 Å². The molecule has 0 fully saturated rings. The maximum absolute atomic E-state index is 12.3. The molecule has 3 rings (SSSR count). The Morgan fingerprint density at radius 3 is 2.60 bits per heavy atom. The number of nitrogens with zero attached hydrogens (tertiary/aromatic N) is 1. The lowest BCUT2D eigenvalue weighted by atomic mass is 10.0. The van der Waals surface area contributed by atoms with Gasteiger partial charge in [-0.3, -0.25) is 9.59 Å². The van der Waals surface area contributed by atoms with E-state index in [9.17, 15) is 9.59 Å². The van der Waals surface area contributed by atoms with Crippen LogP contribution < -0.4 is 15.0 Å². The van der Waals surface area contributed by atoms with E-state index in [2.05, 4.69) is 19.2 Å². The Morgan fingerprint density at radius 1 is 1.16 bits per heavy atom. The second kappa shape index (κ2) is 7.38. The zero-order valence-corrected chi connectivity index (χ0v) is 14.5. The molecule has 0 saturated heterocycles. The SMILES string of the molecule is CC(C)c1ccc(C(=O)NCCN2C(=O)COc3ccccc32)cc1. The van der Waals surface area contributed by atoms with Gasteiger partial charge in [-0.1, -0.05) is 38.1 Å². The van der Waals surface area contributed by atoms with Crippen molar-refractivity contribution in [1.82, 2.24) is 5.32 Å². The number of carbonyl (C=O) groups excluding carboxylic acids is 2. The summed E-state index contributed by atoms with van der Waals surface area (Å²) in [5, 5.41) is 2.87. The summed E-state index contributed by atoms with van der Waals surface area (Å²) in [5.41, 5.74) is 2.57. The molecule has 1 aliphatic heterocycles. The highest BCUT2D eigenvalue weighted by Gasteiger charge is 2.24. The summed E-state index contributed by atoms with van der Waals surface area (Å²) < 4.78 is 5.41. The first kappa shape index (κ1) is 17.0. The van der Waals surface area contributed by atoms with Crippen molar-refractivity contribution in [2.75, 3.05) is 24.6 Å². The molecular formula is C20H22N2O3. The molecule has 0 aliphatic carbocycles. The molecule has 0 unspecified atom stereocenters. The smallest absolute Gasteiger partial charge is 0.265 e. The van der Waals surface area contributed by atoms with Gasteiger partial charge in [0.05, 0.1) is 5.69 Å². The first-order valence-corrected chi connectivity index (χ1v) is 8.46. The Hall–Kier alpha value is -2.82. The van der Waals surface area contributed by atoms with Crippen molar-refractivity contribution >= 4 is 17.5 Å². The van der Waals surface area contributed by atoms with Crippen LogP contribution in [0.5, 0.6) is 5.75 Å². The number of anilines is 1. The molecule has 0 spiro atoms. The molecule has 0 radical (unpaired) electrons. The Balaban J connectivity index is 1.59. The van der Waals surface area contributed by atoms with Crippen LogP contribution in [0.15, 0.2) is 48.5 Å². The molecule has 5 nitrogen and oxygen atoms in total. The molecule has 1 heterocycles. The second-order valence-electron chi connectivity index (χ2n) is 6.33. The number of ether oxygens (including phenoxy) is 1. The van der Waals surface area contributed by atoms with Crippen molar-refractivity contribution in [3.05, 3.63) is 59.7 Å². The van der Waals surface area contributed by atoms with Crippen LogP contribution in [0.4, 0.5) is 5.69 Å². The van der Waals surface area contributed by atoms with E-state index in [1.807, 2.05) is 48.5 Å². The topological polar surface area (TPSA) is 58.6 Å². The van der Waals surface area contributed by atoms with E-state index in [1.54, 1.807) is 4.90 Å². The number of rotatable bonds is 5. The van der Waals surface area contributed by atoms with Gasteiger partial charge in [0.15, 0.2) is 6.61 Å². The van der Waals surface area contributed by atoms with E-state index >= 15 is 0 Å². The average molecular weight is 338 g/mol. The predicted molar refractivity (Wildman–Crippen MR) is 97.2 cm³/mol. The fraction of sp³-hybridized carbons (Fsp3) is 0.300. The van der Waals surface area contributed by atoms with Gasteiger partial charge in [0.1, 0.15) is 5.75 Å². The predicted octanol–water partition coefficient (Wildman–Crippen LogP) is 2.97. The van der Waals surface area contributed by atoms with Crippen LogP contribution in [0.1, 0.15) is 35.7 Å². The van der Waals surface area contributed by atoms with Gasteiger partial charge in [-0.2, -0.15) is 0 Å². The van der Waals surface area contributed by atoms with Gasteiger partial charge in [-0.05, 0) is 35.7 Å². The Labute approximate surface area is 147 Å².